The number of hydrogen-bond acceptors (Lipinski definition) is 4. The van der Waals surface area contributed by atoms with Gasteiger partial charge >= 0.3 is 0 Å². The van der Waals surface area contributed by atoms with Gasteiger partial charge in [0.2, 0.25) is 11.8 Å². The van der Waals surface area contributed by atoms with Gasteiger partial charge in [-0.05, 0) is 67.3 Å². The first kappa shape index (κ1) is 20.4. The van der Waals surface area contributed by atoms with Crippen molar-refractivity contribution in [3.05, 3.63) is 70.0 Å². The Labute approximate surface area is 184 Å². The van der Waals surface area contributed by atoms with Gasteiger partial charge in [-0.25, -0.2) is 4.39 Å². The number of hydrogen-bond donors (Lipinski definition) is 1. The SMILES string of the molecule is C[C@@H]1c2cc(C(=O)N3Cc4ccc(F)cc4[C@@H]3C)ccc2C(=O)N1[C@H]1CCC(=O)NC1=O. The minimum absolute atomic E-state index is 0.182. The van der Waals surface area contributed by atoms with E-state index in [1.165, 1.54) is 17.0 Å². The molecule has 3 aliphatic heterocycles. The van der Waals surface area contributed by atoms with Crippen LogP contribution >= 0.6 is 0 Å². The third-order valence-electron chi connectivity index (χ3n) is 6.80. The van der Waals surface area contributed by atoms with Crippen molar-refractivity contribution >= 4 is 23.6 Å². The number of halogens is 1. The van der Waals surface area contributed by atoms with Crippen LogP contribution in [-0.2, 0) is 16.1 Å². The van der Waals surface area contributed by atoms with Crippen molar-refractivity contribution in [1.82, 2.24) is 15.1 Å². The Kier molecular flexibility index (Phi) is 4.62. The zero-order valence-electron chi connectivity index (χ0n) is 17.7. The van der Waals surface area contributed by atoms with E-state index in [0.29, 0.717) is 23.2 Å². The van der Waals surface area contributed by atoms with Crippen molar-refractivity contribution in [3.63, 3.8) is 0 Å². The summed E-state index contributed by atoms with van der Waals surface area (Å²) in [5.74, 6) is -1.62. The monoisotopic (exact) mass is 435 g/mol. The van der Waals surface area contributed by atoms with Gasteiger partial charge in [0.15, 0.2) is 0 Å². The van der Waals surface area contributed by atoms with Gasteiger partial charge in [-0.15, -0.1) is 0 Å². The first-order valence-corrected chi connectivity index (χ1v) is 10.7. The number of imide groups is 1. The Balaban J connectivity index is 1.42. The Morgan fingerprint density at radius 2 is 1.81 bits per heavy atom. The molecular weight excluding hydrogens is 413 g/mol. The van der Waals surface area contributed by atoms with Gasteiger partial charge in [0.1, 0.15) is 11.9 Å². The van der Waals surface area contributed by atoms with E-state index >= 15 is 0 Å². The average molecular weight is 435 g/mol. The summed E-state index contributed by atoms with van der Waals surface area (Å²) in [6, 6.07) is 8.14. The molecule has 3 atom stereocenters. The summed E-state index contributed by atoms with van der Waals surface area (Å²) < 4.78 is 13.7. The van der Waals surface area contributed by atoms with Crippen molar-refractivity contribution in [2.45, 2.75) is 51.4 Å². The summed E-state index contributed by atoms with van der Waals surface area (Å²) in [6.45, 7) is 4.08. The number of piperidine rings is 1. The van der Waals surface area contributed by atoms with Gasteiger partial charge in [0.25, 0.3) is 11.8 Å². The summed E-state index contributed by atoms with van der Waals surface area (Å²) in [7, 11) is 0. The summed E-state index contributed by atoms with van der Waals surface area (Å²) in [6.07, 6.45) is 0.460. The normalized spacial score (nSPS) is 24.5. The molecule has 1 fully saturated rings. The Morgan fingerprint density at radius 1 is 1.03 bits per heavy atom. The molecule has 5 rings (SSSR count). The number of rotatable bonds is 2. The molecule has 0 unspecified atom stereocenters. The second-order valence-electron chi connectivity index (χ2n) is 8.61. The highest BCUT2D eigenvalue weighted by Gasteiger charge is 2.43. The van der Waals surface area contributed by atoms with Crippen molar-refractivity contribution in [2.75, 3.05) is 0 Å². The van der Waals surface area contributed by atoms with Gasteiger partial charge in [0.05, 0.1) is 12.1 Å². The molecular formula is C24H22FN3O4. The number of carbonyl (C=O) groups is 4. The summed E-state index contributed by atoms with van der Waals surface area (Å²) in [4.78, 5) is 53.3. The molecule has 0 aromatic heterocycles. The number of fused-ring (bicyclic) bond motifs is 2. The molecule has 164 valence electrons. The summed E-state index contributed by atoms with van der Waals surface area (Å²) in [5, 5.41) is 2.30. The van der Waals surface area contributed by atoms with Crippen LogP contribution in [0, 0.1) is 5.82 Å². The van der Waals surface area contributed by atoms with E-state index in [1.807, 2.05) is 13.8 Å². The average Bonchev–Trinajstić information content (AvgIpc) is 3.22. The molecule has 0 radical (unpaired) electrons. The molecule has 0 spiro atoms. The van der Waals surface area contributed by atoms with Crippen molar-refractivity contribution in [3.8, 4) is 0 Å². The van der Waals surface area contributed by atoms with Crippen LogP contribution < -0.4 is 5.32 Å². The molecule has 3 aliphatic rings. The lowest BCUT2D eigenvalue weighted by molar-refractivity contribution is -0.137. The first-order chi connectivity index (χ1) is 15.3. The maximum Gasteiger partial charge on any atom is 0.255 e. The van der Waals surface area contributed by atoms with Gasteiger partial charge in [-0.1, -0.05) is 6.07 Å². The molecule has 0 saturated carbocycles. The standard InChI is InChI=1S/C24H22FN3O4/c1-12-18-10-16(25)5-3-15(18)11-27(12)23(31)14-4-6-17-19(9-14)13(2)28(24(17)32)20-7-8-21(29)26-22(20)30/h3-6,9-10,12-13,20H,7-8,11H2,1-2H3,(H,26,29,30)/t12-,13+,20-/m0/s1. The summed E-state index contributed by atoms with van der Waals surface area (Å²) >= 11 is 0. The number of amides is 4. The van der Waals surface area contributed by atoms with Crippen molar-refractivity contribution in [1.29, 1.82) is 0 Å². The predicted molar refractivity (Wildman–Crippen MR) is 112 cm³/mol. The molecule has 32 heavy (non-hydrogen) atoms. The Hall–Kier alpha value is -3.55. The van der Waals surface area contributed by atoms with Crippen molar-refractivity contribution < 1.29 is 23.6 Å². The van der Waals surface area contributed by atoms with E-state index in [0.717, 1.165) is 11.1 Å². The van der Waals surface area contributed by atoms with Crippen LogP contribution in [0.1, 0.15) is 76.2 Å². The third kappa shape index (κ3) is 3.01. The van der Waals surface area contributed by atoms with E-state index in [9.17, 15) is 23.6 Å². The quantitative estimate of drug-likeness (QED) is 0.735. The van der Waals surface area contributed by atoms with Crippen LogP contribution in [0.2, 0.25) is 0 Å². The van der Waals surface area contributed by atoms with Gasteiger partial charge < -0.3 is 9.80 Å². The van der Waals surface area contributed by atoms with E-state index in [-0.39, 0.29) is 42.4 Å². The second-order valence-corrected chi connectivity index (χ2v) is 8.61. The lowest BCUT2D eigenvalue weighted by Gasteiger charge is -2.32. The van der Waals surface area contributed by atoms with Crippen molar-refractivity contribution in [2.24, 2.45) is 0 Å². The summed E-state index contributed by atoms with van der Waals surface area (Å²) in [5.41, 5.74) is 3.29. The van der Waals surface area contributed by atoms with Gasteiger partial charge in [-0.2, -0.15) is 0 Å². The van der Waals surface area contributed by atoms with Crippen LogP contribution in [-0.4, -0.2) is 39.5 Å². The van der Waals surface area contributed by atoms with Gasteiger partial charge in [-0.3, -0.25) is 24.5 Å². The molecule has 2 aromatic carbocycles. The minimum atomic E-state index is -0.718. The molecule has 7 nitrogen and oxygen atoms in total. The van der Waals surface area contributed by atoms with E-state index in [2.05, 4.69) is 5.32 Å². The number of nitrogens with one attached hydrogen (secondary N) is 1. The molecule has 1 N–H and O–H groups in total. The second kappa shape index (κ2) is 7.25. The highest BCUT2D eigenvalue weighted by Crippen LogP contribution is 2.39. The van der Waals surface area contributed by atoms with E-state index in [1.54, 1.807) is 29.2 Å². The molecule has 8 heteroatoms. The van der Waals surface area contributed by atoms with Crippen LogP contribution in [0.15, 0.2) is 36.4 Å². The van der Waals surface area contributed by atoms with E-state index in [4.69, 9.17) is 0 Å². The zero-order chi connectivity index (χ0) is 22.7. The van der Waals surface area contributed by atoms with Crippen LogP contribution in [0.3, 0.4) is 0 Å². The lowest BCUT2D eigenvalue weighted by Crippen LogP contribution is -2.53. The number of benzene rings is 2. The highest BCUT2D eigenvalue weighted by atomic mass is 19.1. The molecule has 0 bridgehead atoms. The Bertz CT molecular complexity index is 1190. The topological polar surface area (TPSA) is 86.8 Å². The Morgan fingerprint density at radius 3 is 2.56 bits per heavy atom. The fourth-order valence-corrected chi connectivity index (χ4v) is 5.06. The molecule has 0 aliphatic carbocycles. The van der Waals surface area contributed by atoms with E-state index < -0.39 is 18.0 Å². The molecule has 3 heterocycles. The highest BCUT2D eigenvalue weighted by molar-refractivity contribution is 6.06. The molecule has 1 saturated heterocycles. The van der Waals surface area contributed by atoms with Gasteiger partial charge in [0, 0.05) is 24.1 Å². The number of nitrogens with zero attached hydrogens (tertiary/aromatic N) is 2. The number of carbonyl (C=O) groups excluding carboxylic acids is 4. The predicted octanol–water partition coefficient (Wildman–Crippen LogP) is 2.86. The lowest BCUT2D eigenvalue weighted by atomic mass is 10.0. The largest absolute Gasteiger partial charge is 0.328 e. The zero-order valence-corrected chi connectivity index (χ0v) is 17.7. The fourth-order valence-electron chi connectivity index (χ4n) is 5.06. The molecule has 4 amide bonds. The molecule has 2 aromatic rings. The maximum absolute atomic E-state index is 13.7. The van der Waals surface area contributed by atoms with Crippen LogP contribution in [0.4, 0.5) is 4.39 Å². The smallest absolute Gasteiger partial charge is 0.255 e. The first-order valence-electron chi connectivity index (χ1n) is 10.7. The fraction of sp³-hybridized carbons (Fsp3) is 0.333. The third-order valence-corrected chi connectivity index (χ3v) is 6.80. The maximum atomic E-state index is 13.7. The van der Waals surface area contributed by atoms with Crippen LogP contribution in [0.25, 0.3) is 0 Å². The minimum Gasteiger partial charge on any atom is -0.328 e. The van der Waals surface area contributed by atoms with Crippen LogP contribution in [0.5, 0.6) is 0 Å².